The van der Waals surface area contributed by atoms with Gasteiger partial charge in [-0.05, 0) is 49.4 Å². The second-order valence-corrected chi connectivity index (χ2v) is 5.25. The van der Waals surface area contributed by atoms with Crippen molar-refractivity contribution in [3.05, 3.63) is 35.4 Å². The van der Waals surface area contributed by atoms with Crippen LogP contribution in [0.4, 0.5) is 13.2 Å². The maximum absolute atomic E-state index is 12.5. The van der Waals surface area contributed by atoms with Gasteiger partial charge in [-0.3, -0.25) is 0 Å². The Kier molecular flexibility index (Phi) is 4.50. The lowest BCUT2D eigenvalue weighted by Crippen LogP contribution is -2.33. The van der Waals surface area contributed by atoms with E-state index in [4.69, 9.17) is 0 Å². The van der Waals surface area contributed by atoms with Gasteiger partial charge in [-0.2, -0.15) is 13.2 Å². The van der Waals surface area contributed by atoms with Crippen molar-refractivity contribution in [3.8, 4) is 0 Å². The maximum atomic E-state index is 12.5. The number of rotatable bonds is 4. The molecule has 2 rings (SSSR count). The highest BCUT2D eigenvalue weighted by Gasteiger charge is 2.30. The van der Waals surface area contributed by atoms with Gasteiger partial charge >= 0.3 is 6.18 Å². The van der Waals surface area contributed by atoms with Gasteiger partial charge < -0.3 is 5.32 Å². The lowest BCUT2D eigenvalue weighted by molar-refractivity contribution is -0.137. The van der Waals surface area contributed by atoms with E-state index in [1.54, 1.807) is 12.1 Å². The molecule has 0 aliphatic heterocycles. The third kappa shape index (κ3) is 3.72. The summed E-state index contributed by atoms with van der Waals surface area (Å²) in [4.78, 5) is 0. The van der Waals surface area contributed by atoms with Crippen molar-refractivity contribution in [1.82, 2.24) is 5.32 Å². The van der Waals surface area contributed by atoms with Crippen LogP contribution in [0, 0.1) is 5.92 Å². The van der Waals surface area contributed by atoms with Gasteiger partial charge in [-0.15, -0.1) is 0 Å². The van der Waals surface area contributed by atoms with Crippen molar-refractivity contribution in [3.63, 3.8) is 0 Å². The number of nitrogens with one attached hydrogen (secondary N) is 1. The molecular weight excluding hydrogens is 251 g/mol. The molecule has 0 amide bonds. The van der Waals surface area contributed by atoms with Gasteiger partial charge in [0.1, 0.15) is 0 Å². The van der Waals surface area contributed by atoms with Crippen LogP contribution in [0.25, 0.3) is 0 Å². The Hall–Kier alpha value is -1.03. The summed E-state index contributed by atoms with van der Waals surface area (Å²) in [5, 5.41) is 3.47. The summed E-state index contributed by atoms with van der Waals surface area (Å²) in [5.41, 5.74) is 0.439. The molecule has 4 heteroatoms. The van der Waals surface area contributed by atoms with Crippen LogP contribution >= 0.6 is 0 Å². The summed E-state index contributed by atoms with van der Waals surface area (Å²) in [6.07, 6.45) is 0.189. The molecule has 2 unspecified atom stereocenters. The molecule has 0 radical (unpaired) electrons. The highest BCUT2D eigenvalue weighted by Crippen LogP contribution is 2.31. The smallest absolute Gasteiger partial charge is 0.314 e. The molecule has 1 N–H and O–H groups in total. The van der Waals surface area contributed by atoms with Crippen molar-refractivity contribution in [2.75, 3.05) is 6.54 Å². The first-order valence-corrected chi connectivity index (χ1v) is 6.90. The van der Waals surface area contributed by atoms with Crippen LogP contribution < -0.4 is 5.32 Å². The molecule has 0 saturated heterocycles. The average molecular weight is 271 g/mol. The van der Waals surface area contributed by atoms with Crippen molar-refractivity contribution in [1.29, 1.82) is 0 Å². The van der Waals surface area contributed by atoms with Gasteiger partial charge in [0.2, 0.25) is 0 Å². The van der Waals surface area contributed by atoms with Crippen LogP contribution in [0.1, 0.15) is 37.3 Å². The zero-order chi connectivity index (χ0) is 13.9. The Morgan fingerprint density at radius 2 is 1.84 bits per heavy atom. The first kappa shape index (κ1) is 14.4. The van der Waals surface area contributed by atoms with E-state index in [1.807, 2.05) is 0 Å². The molecule has 106 valence electrons. The Bertz CT molecular complexity index is 397. The van der Waals surface area contributed by atoms with E-state index in [0.717, 1.165) is 18.5 Å². The summed E-state index contributed by atoms with van der Waals surface area (Å²) >= 11 is 0. The molecular formula is C15H20F3N. The number of benzene rings is 1. The molecule has 19 heavy (non-hydrogen) atoms. The van der Waals surface area contributed by atoms with Gasteiger partial charge in [-0.1, -0.05) is 25.5 Å². The summed E-state index contributed by atoms with van der Waals surface area (Å²) < 4.78 is 37.4. The lowest BCUT2D eigenvalue weighted by Gasteiger charge is -2.20. The monoisotopic (exact) mass is 271 g/mol. The van der Waals surface area contributed by atoms with Crippen LogP contribution in [-0.2, 0) is 12.6 Å². The third-order valence-corrected chi connectivity index (χ3v) is 3.90. The zero-order valence-corrected chi connectivity index (χ0v) is 11.1. The van der Waals surface area contributed by atoms with E-state index in [2.05, 4.69) is 12.2 Å². The predicted octanol–water partition coefficient (Wildman–Crippen LogP) is 4.03. The van der Waals surface area contributed by atoms with Crippen molar-refractivity contribution >= 4 is 0 Å². The molecule has 1 fully saturated rings. The van der Waals surface area contributed by atoms with Gasteiger partial charge in [0.15, 0.2) is 0 Å². The first-order valence-electron chi connectivity index (χ1n) is 6.90. The molecule has 1 aliphatic rings. The van der Waals surface area contributed by atoms with Crippen LogP contribution in [0.2, 0.25) is 0 Å². The van der Waals surface area contributed by atoms with Gasteiger partial charge in [0.25, 0.3) is 0 Å². The summed E-state index contributed by atoms with van der Waals surface area (Å²) in [7, 11) is 0. The number of hydrogen-bond donors (Lipinski definition) is 1. The molecule has 1 aromatic carbocycles. The molecule has 0 bridgehead atoms. The van der Waals surface area contributed by atoms with Gasteiger partial charge in [0.05, 0.1) is 5.56 Å². The molecule has 1 aromatic rings. The Morgan fingerprint density at radius 1 is 1.16 bits per heavy atom. The molecule has 2 atom stereocenters. The topological polar surface area (TPSA) is 12.0 Å². The van der Waals surface area contributed by atoms with Crippen LogP contribution in [0.5, 0.6) is 0 Å². The van der Waals surface area contributed by atoms with Crippen LogP contribution in [-0.4, -0.2) is 12.6 Å². The standard InChI is InChI=1S/C15H20F3N/c1-2-19-14-5-3-4-12(14)10-11-6-8-13(9-7-11)15(16,17)18/h6-9,12,14,19H,2-5,10H2,1H3. The number of alkyl halides is 3. The molecule has 1 nitrogen and oxygen atoms in total. The average Bonchev–Trinajstić information content (AvgIpc) is 2.77. The van der Waals surface area contributed by atoms with Crippen molar-refractivity contribution in [2.24, 2.45) is 5.92 Å². The minimum atomic E-state index is -4.24. The van der Waals surface area contributed by atoms with Crippen LogP contribution in [0.15, 0.2) is 24.3 Å². The van der Waals surface area contributed by atoms with E-state index in [1.165, 1.54) is 31.4 Å². The lowest BCUT2D eigenvalue weighted by atomic mass is 9.94. The highest BCUT2D eigenvalue weighted by atomic mass is 19.4. The second kappa shape index (κ2) is 5.95. The minimum absolute atomic E-state index is 0.521. The molecule has 0 heterocycles. The Labute approximate surface area is 112 Å². The largest absolute Gasteiger partial charge is 0.416 e. The number of halogens is 3. The van der Waals surface area contributed by atoms with Crippen LogP contribution in [0.3, 0.4) is 0 Å². The molecule has 0 spiro atoms. The van der Waals surface area contributed by atoms with E-state index in [9.17, 15) is 13.2 Å². The van der Waals surface area contributed by atoms with E-state index in [-0.39, 0.29) is 0 Å². The number of hydrogen-bond acceptors (Lipinski definition) is 1. The fraction of sp³-hybridized carbons (Fsp3) is 0.600. The van der Waals surface area contributed by atoms with Crippen molar-refractivity contribution in [2.45, 2.75) is 44.8 Å². The SMILES string of the molecule is CCNC1CCCC1Cc1ccc(C(F)(F)F)cc1. The zero-order valence-electron chi connectivity index (χ0n) is 11.1. The first-order chi connectivity index (χ1) is 9.00. The van der Waals surface area contributed by atoms with Gasteiger partial charge in [0, 0.05) is 6.04 Å². The predicted molar refractivity (Wildman–Crippen MR) is 70.0 cm³/mol. The summed E-state index contributed by atoms with van der Waals surface area (Å²) in [6.45, 7) is 3.04. The quantitative estimate of drug-likeness (QED) is 0.872. The molecule has 1 aliphatic carbocycles. The highest BCUT2D eigenvalue weighted by molar-refractivity contribution is 5.25. The van der Waals surface area contributed by atoms with E-state index >= 15 is 0 Å². The fourth-order valence-corrected chi connectivity index (χ4v) is 2.94. The maximum Gasteiger partial charge on any atom is 0.416 e. The van der Waals surface area contributed by atoms with E-state index < -0.39 is 11.7 Å². The van der Waals surface area contributed by atoms with Gasteiger partial charge in [-0.25, -0.2) is 0 Å². The second-order valence-electron chi connectivity index (χ2n) is 5.25. The summed E-state index contributed by atoms with van der Waals surface area (Å²) in [6, 6.07) is 6.13. The summed E-state index contributed by atoms with van der Waals surface area (Å²) in [5.74, 6) is 0.552. The Morgan fingerprint density at radius 3 is 2.42 bits per heavy atom. The van der Waals surface area contributed by atoms with E-state index in [0.29, 0.717) is 12.0 Å². The third-order valence-electron chi connectivity index (χ3n) is 3.90. The normalized spacial score (nSPS) is 23.8. The molecule has 0 aromatic heterocycles. The minimum Gasteiger partial charge on any atom is -0.314 e. The Balaban J connectivity index is 1.99. The fourth-order valence-electron chi connectivity index (χ4n) is 2.94. The van der Waals surface area contributed by atoms with Crippen molar-refractivity contribution < 1.29 is 13.2 Å². The molecule has 1 saturated carbocycles.